The molecule has 35 heavy (non-hydrogen) atoms. The standard InChI is InChI=1S/C26H17ClFN3O4/c27-22-8-4-3-7-20(22)26(34)35-23-14-9-16-5-1-2-6-19(16)21(23)15-29-31-25(33)24(32)30-18-12-10-17(28)11-13-18/h1-15H,(H,30,32)(H,31,33)/b29-15+. The van der Waals surface area contributed by atoms with E-state index in [-0.39, 0.29) is 22.0 Å². The molecule has 0 aliphatic rings. The molecule has 4 aromatic rings. The summed E-state index contributed by atoms with van der Waals surface area (Å²) in [6.45, 7) is 0. The van der Waals surface area contributed by atoms with Crippen molar-refractivity contribution in [2.75, 3.05) is 5.32 Å². The smallest absolute Gasteiger partial charge is 0.345 e. The number of nitrogens with one attached hydrogen (secondary N) is 2. The van der Waals surface area contributed by atoms with Crippen LogP contribution in [0, 0.1) is 5.82 Å². The first-order valence-corrected chi connectivity index (χ1v) is 10.7. The Morgan fingerprint density at radius 3 is 2.34 bits per heavy atom. The molecular formula is C26H17ClFN3O4. The highest BCUT2D eigenvalue weighted by atomic mass is 35.5. The molecule has 0 spiro atoms. The summed E-state index contributed by atoms with van der Waals surface area (Å²) in [6, 6.07) is 22.1. The predicted molar refractivity (Wildman–Crippen MR) is 131 cm³/mol. The SMILES string of the molecule is O=C(N/N=C/c1c(OC(=O)c2ccccc2Cl)ccc2ccccc12)C(=O)Nc1ccc(F)cc1. The minimum Gasteiger partial charge on any atom is -0.422 e. The van der Waals surface area contributed by atoms with E-state index in [1.54, 1.807) is 48.5 Å². The molecular weight excluding hydrogens is 473 g/mol. The minimum atomic E-state index is -1.04. The monoisotopic (exact) mass is 489 g/mol. The molecule has 7 nitrogen and oxygen atoms in total. The van der Waals surface area contributed by atoms with E-state index in [9.17, 15) is 18.8 Å². The fourth-order valence-electron chi connectivity index (χ4n) is 3.21. The fraction of sp³-hybridized carbons (Fsp3) is 0. The molecule has 0 atom stereocenters. The predicted octanol–water partition coefficient (Wildman–Crippen LogP) is 4.94. The number of rotatable bonds is 5. The molecule has 2 amide bonds. The van der Waals surface area contributed by atoms with Crippen molar-refractivity contribution < 1.29 is 23.5 Å². The van der Waals surface area contributed by atoms with Crippen LogP contribution in [0.1, 0.15) is 15.9 Å². The van der Waals surface area contributed by atoms with Gasteiger partial charge in [0.1, 0.15) is 11.6 Å². The topological polar surface area (TPSA) is 96.9 Å². The quantitative estimate of drug-likeness (QED) is 0.136. The summed E-state index contributed by atoms with van der Waals surface area (Å²) in [5.41, 5.74) is 2.98. The Balaban J connectivity index is 1.54. The van der Waals surface area contributed by atoms with E-state index in [4.69, 9.17) is 16.3 Å². The van der Waals surface area contributed by atoms with Gasteiger partial charge in [-0.15, -0.1) is 0 Å². The summed E-state index contributed by atoms with van der Waals surface area (Å²) in [7, 11) is 0. The molecule has 0 fully saturated rings. The van der Waals surface area contributed by atoms with E-state index in [0.29, 0.717) is 10.9 Å². The van der Waals surface area contributed by atoms with Gasteiger partial charge in [-0.2, -0.15) is 5.10 Å². The molecule has 0 aliphatic carbocycles. The number of carbonyl (C=O) groups excluding carboxylic acids is 3. The summed E-state index contributed by atoms with van der Waals surface area (Å²) in [4.78, 5) is 36.9. The van der Waals surface area contributed by atoms with Crippen molar-refractivity contribution in [2.24, 2.45) is 5.10 Å². The van der Waals surface area contributed by atoms with Gasteiger partial charge in [0, 0.05) is 11.3 Å². The molecule has 0 aliphatic heterocycles. The lowest BCUT2D eigenvalue weighted by Crippen LogP contribution is -2.32. The zero-order valence-electron chi connectivity index (χ0n) is 18.0. The van der Waals surface area contributed by atoms with E-state index in [1.165, 1.54) is 18.3 Å². The van der Waals surface area contributed by atoms with Crippen LogP contribution in [0.3, 0.4) is 0 Å². The number of hydrogen-bond acceptors (Lipinski definition) is 5. The van der Waals surface area contributed by atoms with Gasteiger partial charge in [-0.1, -0.05) is 54.1 Å². The van der Waals surface area contributed by atoms with E-state index in [2.05, 4.69) is 15.8 Å². The highest BCUT2D eigenvalue weighted by molar-refractivity contribution is 6.39. The molecule has 0 heterocycles. The van der Waals surface area contributed by atoms with Crippen LogP contribution in [-0.2, 0) is 9.59 Å². The highest BCUT2D eigenvalue weighted by Crippen LogP contribution is 2.28. The Morgan fingerprint density at radius 2 is 1.57 bits per heavy atom. The molecule has 4 rings (SSSR count). The summed E-state index contributed by atoms with van der Waals surface area (Å²) in [5.74, 6) is -2.98. The summed E-state index contributed by atoms with van der Waals surface area (Å²) < 4.78 is 18.6. The zero-order valence-corrected chi connectivity index (χ0v) is 18.8. The lowest BCUT2D eigenvalue weighted by Gasteiger charge is -2.11. The maximum atomic E-state index is 13.0. The van der Waals surface area contributed by atoms with Crippen LogP contribution in [0.2, 0.25) is 5.02 Å². The van der Waals surface area contributed by atoms with Gasteiger partial charge in [0.25, 0.3) is 0 Å². The number of halogens is 2. The summed E-state index contributed by atoms with van der Waals surface area (Å²) in [6.07, 6.45) is 1.28. The third-order valence-electron chi connectivity index (χ3n) is 4.90. The Hall–Kier alpha value is -4.56. The average Bonchev–Trinajstić information content (AvgIpc) is 2.86. The van der Waals surface area contributed by atoms with Gasteiger partial charge >= 0.3 is 17.8 Å². The van der Waals surface area contributed by atoms with Gasteiger partial charge in [0.2, 0.25) is 0 Å². The number of nitrogens with zero attached hydrogens (tertiary/aromatic N) is 1. The molecule has 0 saturated heterocycles. The van der Waals surface area contributed by atoms with E-state index in [1.807, 2.05) is 12.1 Å². The summed E-state index contributed by atoms with van der Waals surface area (Å²) >= 11 is 6.10. The summed E-state index contributed by atoms with van der Waals surface area (Å²) in [5, 5.41) is 7.98. The first kappa shape index (κ1) is 23.6. The molecule has 0 aromatic heterocycles. The van der Waals surface area contributed by atoms with Crippen molar-refractivity contribution >= 4 is 52.1 Å². The van der Waals surface area contributed by atoms with Crippen molar-refractivity contribution in [2.45, 2.75) is 0 Å². The van der Waals surface area contributed by atoms with Gasteiger partial charge < -0.3 is 10.1 Å². The second kappa shape index (κ2) is 10.6. The van der Waals surface area contributed by atoms with E-state index < -0.39 is 23.6 Å². The van der Waals surface area contributed by atoms with Gasteiger partial charge in [-0.05, 0) is 53.2 Å². The van der Waals surface area contributed by atoms with Gasteiger partial charge in [-0.3, -0.25) is 9.59 Å². The molecule has 0 saturated carbocycles. The van der Waals surface area contributed by atoms with Crippen molar-refractivity contribution in [3.8, 4) is 5.75 Å². The van der Waals surface area contributed by atoms with Gasteiger partial charge in [0.05, 0.1) is 16.8 Å². The highest BCUT2D eigenvalue weighted by Gasteiger charge is 2.16. The lowest BCUT2D eigenvalue weighted by molar-refractivity contribution is -0.136. The number of esters is 1. The lowest BCUT2D eigenvalue weighted by atomic mass is 10.0. The van der Waals surface area contributed by atoms with Crippen molar-refractivity contribution in [1.82, 2.24) is 5.43 Å². The molecule has 0 radical (unpaired) electrons. The number of hydrogen-bond donors (Lipinski definition) is 2. The first-order valence-electron chi connectivity index (χ1n) is 10.3. The number of benzene rings is 4. The van der Waals surface area contributed by atoms with Crippen LogP contribution in [0.25, 0.3) is 10.8 Å². The van der Waals surface area contributed by atoms with E-state index >= 15 is 0 Å². The van der Waals surface area contributed by atoms with Crippen LogP contribution >= 0.6 is 11.6 Å². The van der Waals surface area contributed by atoms with Crippen LogP contribution in [-0.4, -0.2) is 24.0 Å². The van der Waals surface area contributed by atoms with E-state index in [0.717, 1.165) is 17.5 Å². The molecule has 0 unspecified atom stereocenters. The number of fused-ring (bicyclic) bond motifs is 1. The maximum Gasteiger partial charge on any atom is 0.345 e. The largest absolute Gasteiger partial charge is 0.422 e. The molecule has 9 heteroatoms. The van der Waals surface area contributed by atoms with Crippen molar-refractivity contribution in [1.29, 1.82) is 0 Å². The zero-order chi connectivity index (χ0) is 24.8. The second-order valence-electron chi connectivity index (χ2n) is 7.23. The van der Waals surface area contributed by atoms with Crippen LogP contribution in [0.4, 0.5) is 10.1 Å². The third-order valence-corrected chi connectivity index (χ3v) is 5.22. The normalized spacial score (nSPS) is 10.8. The molecule has 174 valence electrons. The third kappa shape index (κ3) is 5.69. The first-order chi connectivity index (χ1) is 16.9. The fourth-order valence-corrected chi connectivity index (χ4v) is 3.42. The number of carbonyl (C=O) groups is 3. The Morgan fingerprint density at radius 1 is 0.857 bits per heavy atom. The van der Waals surface area contributed by atoms with Crippen LogP contribution < -0.4 is 15.5 Å². The molecule has 0 bridgehead atoms. The molecule has 4 aromatic carbocycles. The van der Waals surface area contributed by atoms with Crippen molar-refractivity contribution in [3.05, 3.63) is 107 Å². The Labute approximate surface area is 204 Å². The van der Waals surface area contributed by atoms with Crippen LogP contribution in [0.5, 0.6) is 5.75 Å². The maximum absolute atomic E-state index is 13.0. The number of amides is 2. The molecule has 2 N–H and O–H groups in total. The Kier molecular flexibility index (Phi) is 7.13. The van der Waals surface area contributed by atoms with Gasteiger partial charge in [-0.25, -0.2) is 14.6 Å². The Bertz CT molecular complexity index is 1450. The number of hydrazone groups is 1. The van der Waals surface area contributed by atoms with Crippen LogP contribution in [0.15, 0.2) is 90.0 Å². The van der Waals surface area contributed by atoms with Gasteiger partial charge in [0.15, 0.2) is 0 Å². The minimum absolute atomic E-state index is 0.183. The number of anilines is 1. The average molecular weight is 490 g/mol. The van der Waals surface area contributed by atoms with Crippen molar-refractivity contribution in [3.63, 3.8) is 0 Å². The number of ether oxygens (including phenoxy) is 1. The second-order valence-corrected chi connectivity index (χ2v) is 7.64.